The molecule has 0 aliphatic carbocycles. The first kappa shape index (κ1) is 18.9. The summed E-state index contributed by atoms with van der Waals surface area (Å²) in [5.74, 6) is -0.0593. The van der Waals surface area contributed by atoms with Crippen LogP contribution in [0.5, 0.6) is 0 Å². The van der Waals surface area contributed by atoms with E-state index in [2.05, 4.69) is 10.3 Å². The lowest BCUT2D eigenvalue weighted by atomic mass is 10.1. The topological polar surface area (TPSA) is 65.5 Å². The van der Waals surface area contributed by atoms with E-state index in [0.29, 0.717) is 25.1 Å². The van der Waals surface area contributed by atoms with E-state index >= 15 is 0 Å². The maximum Gasteiger partial charge on any atom is 0.322 e. The number of hydrogen-bond acceptors (Lipinski definition) is 3. The number of likely N-dealkylation sites (N-methyl/N-ethyl adjacent to an activating group) is 1. The number of urea groups is 1. The zero-order chi connectivity index (χ0) is 19.6. The highest BCUT2D eigenvalue weighted by atomic mass is 16.2. The van der Waals surface area contributed by atoms with Gasteiger partial charge in [-0.25, -0.2) is 4.79 Å². The highest BCUT2D eigenvalue weighted by molar-refractivity contribution is 5.99. The van der Waals surface area contributed by atoms with Crippen molar-refractivity contribution in [1.29, 1.82) is 0 Å². The van der Waals surface area contributed by atoms with Crippen molar-refractivity contribution in [3.05, 3.63) is 58.9 Å². The molecule has 0 saturated carbocycles. The molecule has 0 bridgehead atoms. The van der Waals surface area contributed by atoms with E-state index in [-0.39, 0.29) is 18.0 Å². The van der Waals surface area contributed by atoms with Gasteiger partial charge in [0.2, 0.25) is 0 Å². The molecule has 2 aromatic rings. The van der Waals surface area contributed by atoms with Gasteiger partial charge in [0, 0.05) is 55.7 Å². The third-order valence-electron chi connectivity index (χ3n) is 5.06. The van der Waals surface area contributed by atoms with Crippen LogP contribution in [-0.2, 0) is 6.42 Å². The maximum absolute atomic E-state index is 13.0. The number of anilines is 1. The van der Waals surface area contributed by atoms with Gasteiger partial charge in [-0.15, -0.1) is 0 Å². The van der Waals surface area contributed by atoms with Crippen LogP contribution in [0.4, 0.5) is 10.5 Å². The molecule has 0 unspecified atom stereocenters. The predicted octanol–water partition coefficient (Wildman–Crippen LogP) is 2.93. The molecular weight excluding hydrogens is 340 g/mol. The molecule has 1 aliphatic rings. The lowest BCUT2D eigenvalue weighted by Crippen LogP contribution is -2.37. The van der Waals surface area contributed by atoms with Crippen molar-refractivity contribution in [2.75, 3.05) is 25.0 Å². The van der Waals surface area contributed by atoms with E-state index in [4.69, 9.17) is 0 Å². The number of rotatable bonds is 5. The first-order valence-corrected chi connectivity index (χ1v) is 9.21. The van der Waals surface area contributed by atoms with E-state index in [1.165, 1.54) is 0 Å². The van der Waals surface area contributed by atoms with Crippen molar-refractivity contribution in [2.45, 2.75) is 33.2 Å². The Morgan fingerprint density at radius 2 is 2.07 bits per heavy atom. The van der Waals surface area contributed by atoms with Gasteiger partial charge >= 0.3 is 6.03 Å². The molecule has 3 rings (SSSR count). The van der Waals surface area contributed by atoms with Crippen LogP contribution in [0.15, 0.2) is 36.5 Å². The van der Waals surface area contributed by atoms with Crippen LogP contribution in [0.1, 0.15) is 34.1 Å². The summed E-state index contributed by atoms with van der Waals surface area (Å²) in [5, 5.41) is 2.80. The van der Waals surface area contributed by atoms with Crippen LogP contribution < -0.4 is 10.2 Å². The predicted molar refractivity (Wildman–Crippen MR) is 106 cm³/mol. The van der Waals surface area contributed by atoms with Crippen LogP contribution >= 0.6 is 0 Å². The average molecular weight is 366 g/mol. The molecule has 27 heavy (non-hydrogen) atoms. The van der Waals surface area contributed by atoms with E-state index < -0.39 is 0 Å². The number of pyridine rings is 1. The fourth-order valence-electron chi connectivity index (χ4n) is 3.29. The maximum atomic E-state index is 13.0. The molecular formula is C21H26N4O2. The van der Waals surface area contributed by atoms with Gasteiger partial charge < -0.3 is 10.2 Å². The SMILES string of the molecule is Cc1ccnc(C[C@H](C)N(C)C(=O)c2ccc(C)c(N3CCNC3=O)c2)c1. The minimum absolute atomic E-state index is 0.00615. The molecule has 0 radical (unpaired) electrons. The zero-order valence-corrected chi connectivity index (χ0v) is 16.3. The first-order chi connectivity index (χ1) is 12.9. The third kappa shape index (κ3) is 4.10. The summed E-state index contributed by atoms with van der Waals surface area (Å²) in [4.78, 5) is 32.8. The van der Waals surface area contributed by atoms with E-state index in [1.54, 1.807) is 16.0 Å². The van der Waals surface area contributed by atoms with Crippen LogP contribution in [0.25, 0.3) is 0 Å². The van der Waals surface area contributed by atoms with Gasteiger partial charge in [0.25, 0.3) is 5.91 Å². The second kappa shape index (κ2) is 7.78. The standard InChI is InChI=1S/C21H26N4O2/c1-14-7-8-22-18(11-14)12-16(3)24(4)20(26)17-6-5-15(2)19(13-17)25-10-9-23-21(25)27/h5-8,11,13,16H,9-10,12H2,1-4H3,(H,23,27)/t16-/m0/s1. The number of aromatic nitrogens is 1. The van der Waals surface area contributed by atoms with Gasteiger partial charge in [-0.05, 0) is 56.2 Å². The zero-order valence-electron chi connectivity index (χ0n) is 16.3. The van der Waals surface area contributed by atoms with Gasteiger partial charge in [-0.3, -0.25) is 14.7 Å². The largest absolute Gasteiger partial charge is 0.339 e. The number of hydrogen-bond donors (Lipinski definition) is 1. The number of amides is 3. The van der Waals surface area contributed by atoms with E-state index in [1.807, 2.05) is 58.2 Å². The normalized spacial score (nSPS) is 14.8. The van der Waals surface area contributed by atoms with Crippen molar-refractivity contribution in [1.82, 2.24) is 15.2 Å². The Morgan fingerprint density at radius 1 is 1.30 bits per heavy atom. The smallest absolute Gasteiger partial charge is 0.322 e. The second-order valence-corrected chi connectivity index (χ2v) is 7.18. The van der Waals surface area contributed by atoms with Crippen LogP contribution in [0.3, 0.4) is 0 Å². The summed E-state index contributed by atoms with van der Waals surface area (Å²) in [6, 6.07) is 9.44. The van der Waals surface area contributed by atoms with Crippen molar-refractivity contribution >= 4 is 17.6 Å². The number of carbonyl (C=O) groups excluding carboxylic acids is 2. The molecule has 1 N–H and O–H groups in total. The molecule has 1 aromatic heterocycles. The highest BCUT2D eigenvalue weighted by Gasteiger charge is 2.25. The van der Waals surface area contributed by atoms with Gasteiger partial charge in [0.05, 0.1) is 0 Å². The molecule has 2 heterocycles. The Morgan fingerprint density at radius 3 is 2.74 bits per heavy atom. The average Bonchev–Trinajstić information content (AvgIpc) is 3.06. The number of aryl methyl sites for hydroxylation is 2. The minimum Gasteiger partial charge on any atom is -0.339 e. The number of benzene rings is 1. The Hall–Kier alpha value is -2.89. The Balaban J connectivity index is 1.77. The molecule has 0 spiro atoms. The highest BCUT2D eigenvalue weighted by Crippen LogP contribution is 2.24. The molecule has 1 aliphatic heterocycles. The van der Waals surface area contributed by atoms with E-state index in [0.717, 1.165) is 22.5 Å². The summed E-state index contributed by atoms with van der Waals surface area (Å²) < 4.78 is 0. The van der Waals surface area contributed by atoms with Gasteiger partial charge in [0.1, 0.15) is 0 Å². The lowest BCUT2D eigenvalue weighted by Gasteiger charge is -2.26. The molecule has 6 heteroatoms. The molecule has 1 saturated heterocycles. The summed E-state index contributed by atoms with van der Waals surface area (Å²) in [6.45, 7) is 7.24. The van der Waals surface area contributed by atoms with Crippen molar-refractivity contribution < 1.29 is 9.59 Å². The van der Waals surface area contributed by atoms with Crippen molar-refractivity contribution in [2.24, 2.45) is 0 Å². The molecule has 1 fully saturated rings. The molecule has 1 atom stereocenters. The van der Waals surface area contributed by atoms with Gasteiger partial charge in [0.15, 0.2) is 0 Å². The summed E-state index contributed by atoms with van der Waals surface area (Å²) >= 11 is 0. The fourth-order valence-corrected chi connectivity index (χ4v) is 3.29. The lowest BCUT2D eigenvalue weighted by molar-refractivity contribution is 0.0743. The summed E-state index contributed by atoms with van der Waals surface area (Å²) in [5.41, 5.74) is 4.48. The molecule has 142 valence electrons. The van der Waals surface area contributed by atoms with Crippen LogP contribution in [0.2, 0.25) is 0 Å². The van der Waals surface area contributed by atoms with Crippen LogP contribution in [-0.4, -0.2) is 48.0 Å². The second-order valence-electron chi connectivity index (χ2n) is 7.18. The quantitative estimate of drug-likeness (QED) is 0.885. The van der Waals surface area contributed by atoms with Gasteiger partial charge in [-0.2, -0.15) is 0 Å². The third-order valence-corrected chi connectivity index (χ3v) is 5.06. The fraction of sp³-hybridized carbons (Fsp3) is 0.381. The minimum atomic E-state index is -0.116. The number of carbonyl (C=O) groups is 2. The Bertz CT molecular complexity index is 865. The Labute approximate surface area is 160 Å². The first-order valence-electron chi connectivity index (χ1n) is 9.21. The summed E-state index contributed by atoms with van der Waals surface area (Å²) in [6.07, 6.45) is 2.49. The monoisotopic (exact) mass is 366 g/mol. The number of nitrogens with one attached hydrogen (secondary N) is 1. The summed E-state index contributed by atoms with van der Waals surface area (Å²) in [7, 11) is 1.81. The van der Waals surface area contributed by atoms with Gasteiger partial charge in [-0.1, -0.05) is 6.07 Å². The Kier molecular flexibility index (Phi) is 5.44. The van der Waals surface area contributed by atoms with Crippen LogP contribution in [0, 0.1) is 13.8 Å². The van der Waals surface area contributed by atoms with Crippen molar-refractivity contribution in [3.8, 4) is 0 Å². The van der Waals surface area contributed by atoms with E-state index in [9.17, 15) is 9.59 Å². The molecule has 1 aromatic carbocycles. The molecule has 3 amide bonds. The molecule has 6 nitrogen and oxygen atoms in total. The van der Waals surface area contributed by atoms with Crippen molar-refractivity contribution in [3.63, 3.8) is 0 Å². The number of nitrogens with zero attached hydrogens (tertiary/aromatic N) is 3.